The van der Waals surface area contributed by atoms with Gasteiger partial charge in [0.15, 0.2) is 0 Å². The molecule has 4 bridgehead atoms. The highest BCUT2D eigenvalue weighted by Gasteiger charge is 2.54. The lowest BCUT2D eigenvalue weighted by Crippen LogP contribution is -2.64. The average molecular weight is 525 g/mol. The molecule has 0 unspecified atom stereocenters. The molecule has 1 saturated heterocycles. The number of non-ortho nitro benzene ring substituents is 1. The molecule has 1 aliphatic heterocycles. The molecule has 1 heterocycles. The van der Waals surface area contributed by atoms with E-state index in [9.17, 15) is 23.3 Å². The average Bonchev–Trinajstić information content (AvgIpc) is 2.88. The number of carbonyl (C=O) groups excluding carboxylic acids is 1. The van der Waals surface area contributed by atoms with E-state index in [1.807, 2.05) is 0 Å². The fourth-order valence-electron chi connectivity index (χ4n) is 7.70. The van der Waals surface area contributed by atoms with Gasteiger partial charge in [-0.1, -0.05) is 12.1 Å². The smallest absolute Gasteiger partial charge is 0.271 e. The van der Waals surface area contributed by atoms with Gasteiger partial charge in [0, 0.05) is 55.1 Å². The number of nitrogens with zero attached hydrogens (tertiary/aromatic N) is 3. The molecule has 5 aliphatic rings. The lowest BCUT2D eigenvalue weighted by molar-refractivity contribution is -0.384. The molecule has 2 aromatic carbocycles. The number of benzene rings is 2. The van der Waals surface area contributed by atoms with Crippen LogP contribution in [0.2, 0.25) is 0 Å². The molecule has 5 fully saturated rings. The van der Waals surface area contributed by atoms with E-state index in [0.717, 1.165) is 30.8 Å². The maximum Gasteiger partial charge on any atom is 0.271 e. The first-order chi connectivity index (χ1) is 17.7. The summed E-state index contributed by atoms with van der Waals surface area (Å²) in [7, 11) is -3.75. The quantitative estimate of drug-likeness (QED) is 0.449. The Hall–Kier alpha value is -2.82. The molecule has 1 N–H and O–H groups in total. The number of hydrogen-bond donors (Lipinski definition) is 1. The van der Waals surface area contributed by atoms with Crippen molar-refractivity contribution in [2.75, 3.05) is 31.5 Å². The molecule has 9 nitrogen and oxygen atoms in total. The number of anilines is 1. The highest BCUT2D eigenvalue weighted by Crippen LogP contribution is 2.57. The van der Waals surface area contributed by atoms with Gasteiger partial charge < -0.3 is 5.32 Å². The number of sulfonamides is 1. The Morgan fingerprint density at radius 3 is 2.16 bits per heavy atom. The fourth-order valence-corrected chi connectivity index (χ4v) is 9.17. The van der Waals surface area contributed by atoms with Crippen molar-refractivity contribution in [3.8, 4) is 0 Å². The summed E-state index contributed by atoms with van der Waals surface area (Å²) in [4.78, 5) is 26.0. The van der Waals surface area contributed by atoms with Gasteiger partial charge in [0.2, 0.25) is 10.0 Å². The second kappa shape index (κ2) is 9.18. The minimum atomic E-state index is -3.75. The Morgan fingerprint density at radius 2 is 1.54 bits per heavy atom. The fraction of sp³-hybridized carbons (Fsp3) is 0.519. The van der Waals surface area contributed by atoms with Gasteiger partial charge in [0.1, 0.15) is 0 Å². The number of carbonyl (C=O) groups is 1. The number of nitro benzene ring substituents is 1. The summed E-state index contributed by atoms with van der Waals surface area (Å²) >= 11 is 0. The molecule has 2 aromatic rings. The van der Waals surface area contributed by atoms with Crippen LogP contribution in [0.5, 0.6) is 0 Å². The Bertz CT molecular complexity index is 1300. The second-order valence-corrected chi connectivity index (χ2v) is 13.3. The number of piperazine rings is 1. The van der Waals surface area contributed by atoms with Crippen LogP contribution in [0.15, 0.2) is 53.4 Å². The minimum Gasteiger partial charge on any atom is -0.322 e. The van der Waals surface area contributed by atoms with Crippen molar-refractivity contribution in [2.45, 2.75) is 49.0 Å². The molecule has 0 spiro atoms. The number of amides is 1. The molecule has 4 aliphatic carbocycles. The molecule has 4 saturated carbocycles. The maximum absolute atomic E-state index is 13.5. The summed E-state index contributed by atoms with van der Waals surface area (Å²) < 4.78 is 28.5. The number of nitro groups is 1. The largest absolute Gasteiger partial charge is 0.322 e. The number of rotatable bonds is 6. The molecular formula is C27H32N4O5S. The maximum atomic E-state index is 13.5. The van der Waals surface area contributed by atoms with E-state index in [0.29, 0.717) is 13.1 Å². The lowest BCUT2D eigenvalue weighted by atomic mass is 9.52. The first kappa shape index (κ1) is 24.5. The van der Waals surface area contributed by atoms with Gasteiger partial charge in [-0.3, -0.25) is 19.8 Å². The summed E-state index contributed by atoms with van der Waals surface area (Å²) in [5, 5.41) is 13.6. The highest BCUT2D eigenvalue weighted by molar-refractivity contribution is 7.89. The Kier molecular flexibility index (Phi) is 6.08. The van der Waals surface area contributed by atoms with Crippen LogP contribution in [0.4, 0.5) is 11.4 Å². The first-order valence-corrected chi connectivity index (χ1v) is 14.6. The molecular weight excluding hydrogens is 492 g/mol. The third-order valence-corrected chi connectivity index (χ3v) is 10.9. The standard InChI is InChI=1S/C27H32N4O5S/c32-26(28-23-4-2-5-24(15-23)31(33)34)22-3-1-6-25(14-22)37(35,36)30-9-7-29(8-10-30)27-16-19-11-20(17-27)13-21(12-19)18-27/h1-6,14-15,19-21H,7-13,16-18H2,(H,28,32). The summed E-state index contributed by atoms with van der Waals surface area (Å²) in [6.45, 7) is 2.40. The molecule has 0 radical (unpaired) electrons. The van der Waals surface area contributed by atoms with E-state index in [-0.39, 0.29) is 27.4 Å². The molecule has 10 heteroatoms. The van der Waals surface area contributed by atoms with Crippen molar-refractivity contribution in [3.63, 3.8) is 0 Å². The lowest BCUT2D eigenvalue weighted by Gasteiger charge is -2.61. The van der Waals surface area contributed by atoms with E-state index in [1.54, 1.807) is 16.4 Å². The van der Waals surface area contributed by atoms with E-state index in [4.69, 9.17) is 0 Å². The highest BCUT2D eigenvalue weighted by atomic mass is 32.2. The first-order valence-electron chi connectivity index (χ1n) is 13.1. The van der Waals surface area contributed by atoms with E-state index in [1.165, 1.54) is 74.9 Å². The van der Waals surface area contributed by atoms with Crippen LogP contribution < -0.4 is 5.32 Å². The van der Waals surface area contributed by atoms with Crippen molar-refractivity contribution in [3.05, 3.63) is 64.2 Å². The van der Waals surface area contributed by atoms with Gasteiger partial charge in [-0.25, -0.2) is 8.42 Å². The third kappa shape index (κ3) is 4.55. The van der Waals surface area contributed by atoms with Crippen LogP contribution in [0.25, 0.3) is 0 Å². The van der Waals surface area contributed by atoms with Crippen molar-refractivity contribution in [2.24, 2.45) is 17.8 Å². The van der Waals surface area contributed by atoms with Gasteiger partial charge in [0.25, 0.3) is 11.6 Å². The van der Waals surface area contributed by atoms with E-state index >= 15 is 0 Å². The Labute approximate surface area is 217 Å². The molecule has 7 rings (SSSR count). The van der Waals surface area contributed by atoms with Crippen molar-refractivity contribution < 1.29 is 18.1 Å². The zero-order valence-electron chi connectivity index (χ0n) is 20.7. The van der Waals surface area contributed by atoms with Crippen LogP contribution >= 0.6 is 0 Å². The molecule has 196 valence electrons. The minimum absolute atomic E-state index is 0.0856. The summed E-state index contributed by atoms with van der Waals surface area (Å²) in [5.74, 6) is 2.03. The van der Waals surface area contributed by atoms with Crippen LogP contribution in [-0.2, 0) is 10.0 Å². The second-order valence-electron chi connectivity index (χ2n) is 11.3. The van der Waals surface area contributed by atoms with Gasteiger partial charge in [0.05, 0.1) is 9.82 Å². The van der Waals surface area contributed by atoms with Gasteiger partial charge in [-0.2, -0.15) is 4.31 Å². The molecule has 0 atom stereocenters. The number of nitrogens with one attached hydrogen (secondary N) is 1. The Morgan fingerprint density at radius 1 is 0.919 bits per heavy atom. The van der Waals surface area contributed by atoms with Gasteiger partial charge in [-0.05, 0) is 80.5 Å². The van der Waals surface area contributed by atoms with Crippen LogP contribution in [-0.4, -0.2) is 60.2 Å². The molecule has 1 amide bonds. The zero-order chi connectivity index (χ0) is 25.8. The summed E-state index contributed by atoms with van der Waals surface area (Å²) in [5.41, 5.74) is 0.588. The third-order valence-electron chi connectivity index (χ3n) is 8.96. The van der Waals surface area contributed by atoms with Crippen molar-refractivity contribution >= 4 is 27.3 Å². The predicted octanol–water partition coefficient (Wildman–Crippen LogP) is 4.12. The van der Waals surface area contributed by atoms with Crippen molar-refractivity contribution in [1.29, 1.82) is 0 Å². The molecule has 0 aromatic heterocycles. The van der Waals surface area contributed by atoms with Crippen LogP contribution in [0, 0.1) is 27.9 Å². The van der Waals surface area contributed by atoms with Crippen LogP contribution in [0.3, 0.4) is 0 Å². The SMILES string of the molecule is O=C(Nc1cccc([N+](=O)[O-])c1)c1cccc(S(=O)(=O)N2CCN(C34CC5CC(CC(C5)C3)C4)CC2)c1. The molecule has 37 heavy (non-hydrogen) atoms. The van der Waals surface area contributed by atoms with Gasteiger partial charge >= 0.3 is 0 Å². The van der Waals surface area contributed by atoms with Crippen LogP contribution in [0.1, 0.15) is 48.9 Å². The number of hydrogen-bond acceptors (Lipinski definition) is 6. The van der Waals surface area contributed by atoms with Crippen molar-refractivity contribution in [1.82, 2.24) is 9.21 Å². The summed E-state index contributed by atoms with van der Waals surface area (Å²) in [6.07, 6.45) is 7.98. The van der Waals surface area contributed by atoms with Gasteiger partial charge in [-0.15, -0.1) is 0 Å². The monoisotopic (exact) mass is 524 g/mol. The topological polar surface area (TPSA) is 113 Å². The van der Waals surface area contributed by atoms with E-state index < -0.39 is 20.9 Å². The normalized spacial score (nSPS) is 29.8. The predicted molar refractivity (Wildman–Crippen MR) is 139 cm³/mol. The summed E-state index contributed by atoms with van der Waals surface area (Å²) in [6, 6.07) is 11.6. The zero-order valence-corrected chi connectivity index (χ0v) is 21.5. The van der Waals surface area contributed by atoms with E-state index in [2.05, 4.69) is 10.2 Å². The Balaban J connectivity index is 1.13.